The van der Waals surface area contributed by atoms with E-state index < -0.39 is 23.5 Å². The van der Waals surface area contributed by atoms with E-state index in [0.29, 0.717) is 11.3 Å². The van der Waals surface area contributed by atoms with Gasteiger partial charge in [-0.2, -0.15) is 0 Å². The minimum absolute atomic E-state index is 0.0511. The topological polar surface area (TPSA) is 92.5 Å². The lowest BCUT2D eigenvalue weighted by Gasteiger charge is -2.25. The molecule has 1 amide bonds. The lowest BCUT2D eigenvalue weighted by molar-refractivity contribution is -0.140. The Labute approximate surface area is 207 Å². The summed E-state index contributed by atoms with van der Waals surface area (Å²) in [6, 6.07) is 12.9. The van der Waals surface area contributed by atoms with Gasteiger partial charge in [-0.3, -0.25) is 9.59 Å². The number of nitrogens with zero attached hydrogens (tertiary/aromatic N) is 2. The Balaban J connectivity index is 1.92. The molecule has 1 saturated heterocycles. The SMILES string of the molecule is COc1cc(/C(O)=C2\C(=O)C(=O)N(Cc3ccco3)C2c2ccc(N(C)C)cc2)c(OC)cc1Cl. The van der Waals surface area contributed by atoms with Crippen LogP contribution in [0.4, 0.5) is 5.69 Å². The molecular weight excluding hydrogens is 472 g/mol. The van der Waals surface area contributed by atoms with E-state index >= 15 is 0 Å². The first-order chi connectivity index (χ1) is 16.8. The molecule has 1 aromatic heterocycles. The molecule has 3 aromatic rings. The highest BCUT2D eigenvalue weighted by Crippen LogP contribution is 2.43. The smallest absolute Gasteiger partial charge is 0.296 e. The Kier molecular flexibility index (Phi) is 6.75. The first kappa shape index (κ1) is 24.2. The zero-order valence-corrected chi connectivity index (χ0v) is 20.5. The first-order valence-electron chi connectivity index (χ1n) is 10.8. The van der Waals surface area contributed by atoms with Crippen molar-refractivity contribution in [1.82, 2.24) is 4.90 Å². The summed E-state index contributed by atoms with van der Waals surface area (Å²) in [7, 11) is 6.68. The average molecular weight is 497 g/mol. The Hall–Kier alpha value is -3.91. The van der Waals surface area contributed by atoms with Crippen LogP contribution in [0.15, 0.2) is 64.8 Å². The highest BCUT2D eigenvalue weighted by atomic mass is 35.5. The van der Waals surface area contributed by atoms with Crippen molar-refractivity contribution >= 4 is 34.7 Å². The number of furan rings is 1. The number of aliphatic hydroxyl groups excluding tert-OH is 1. The molecule has 0 radical (unpaired) electrons. The van der Waals surface area contributed by atoms with Crippen LogP contribution in [0.3, 0.4) is 0 Å². The summed E-state index contributed by atoms with van der Waals surface area (Å²) >= 11 is 6.22. The predicted octanol–water partition coefficient (Wildman–Crippen LogP) is 4.64. The number of carbonyl (C=O) groups is 2. The third kappa shape index (κ3) is 4.44. The number of benzene rings is 2. The van der Waals surface area contributed by atoms with Crippen molar-refractivity contribution in [1.29, 1.82) is 0 Å². The van der Waals surface area contributed by atoms with Crippen molar-refractivity contribution in [2.24, 2.45) is 0 Å². The van der Waals surface area contributed by atoms with Crippen LogP contribution < -0.4 is 14.4 Å². The van der Waals surface area contributed by atoms with Crippen molar-refractivity contribution < 1.29 is 28.6 Å². The third-order valence-electron chi connectivity index (χ3n) is 5.90. The molecule has 0 saturated carbocycles. The van der Waals surface area contributed by atoms with E-state index in [4.69, 9.17) is 25.5 Å². The summed E-state index contributed by atoms with van der Waals surface area (Å²) in [5.74, 6) is -0.930. The normalized spacial score (nSPS) is 17.1. The Morgan fingerprint density at radius 1 is 1.09 bits per heavy atom. The van der Waals surface area contributed by atoms with Gasteiger partial charge in [0.05, 0.1) is 49.2 Å². The van der Waals surface area contributed by atoms with E-state index in [0.717, 1.165) is 5.69 Å². The molecule has 4 rings (SSSR count). The molecular formula is C26H25ClN2O6. The number of ether oxygens (including phenoxy) is 2. The van der Waals surface area contributed by atoms with Gasteiger partial charge in [0.15, 0.2) is 0 Å². The second kappa shape index (κ2) is 9.76. The number of anilines is 1. The van der Waals surface area contributed by atoms with Crippen molar-refractivity contribution in [3.05, 3.63) is 82.3 Å². The van der Waals surface area contributed by atoms with Crippen LogP contribution in [0.2, 0.25) is 5.02 Å². The maximum absolute atomic E-state index is 13.3. The number of likely N-dealkylation sites (tertiary alicyclic amines) is 1. The van der Waals surface area contributed by atoms with E-state index in [1.54, 1.807) is 12.1 Å². The first-order valence-corrected chi connectivity index (χ1v) is 11.1. The maximum atomic E-state index is 13.3. The lowest BCUT2D eigenvalue weighted by atomic mass is 9.94. The number of carbonyl (C=O) groups excluding carboxylic acids is 2. The fourth-order valence-electron chi connectivity index (χ4n) is 4.11. The van der Waals surface area contributed by atoms with Gasteiger partial charge in [0, 0.05) is 25.8 Å². The fourth-order valence-corrected chi connectivity index (χ4v) is 4.34. The van der Waals surface area contributed by atoms with Crippen LogP contribution in [-0.2, 0) is 16.1 Å². The van der Waals surface area contributed by atoms with Crippen LogP contribution in [-0.4, -0.2) is 50.0 Å². The zero-order chi connectivity index (χ0) is 25.3. The molecule has 8 nitrogen and oxygen atoms in total. The molecule has 1 aliphatic rings. The van der Waals surface area contributed by atoms with Crippen molar-refractivity contribution in [3.63, 3.8) is 0 Å². The molecule has 0 bridgehead atoms. The van der Waals surface area contributed by atoms with Gasteiger partial charge in [-0.05, 0) is 35.9 Å². The summed E-state index contributed by atoms with van der Waals surface area (Å²) in [5.41, 5.74) is 1.71. The molecule has 1 fully saturated rings. The predicted molar refractivity (Wildman–Crippen MR) is 132 cm³/mol. The zero-order valence-electron chi connectivity index (χ0n) is 19.7. The number of amides is 1. The molecule has 2 heterocycles. The monoisotopic (exact) mass is 496 g/mol. The maximum Gasteiger partial charge on any atom is 0.296 e. The lowest BCUT2D eigenvalue weighted by Crippen LogP contribution is -2.29. The van der Waals surface area contributed by atoms with Crippen LogP contribution in [0.5, 0.6) is 11.5 Å². The number of aliphatic hydroxyl groups is 1. The highest BCUT2D eigenvalue weighted by Gasteiger charge is 2.46. The van der Waals surface area contributed by atoms with Gasteiger partial charge < -0.3 is 28.8 Å². The summed E-state index contributed by atoms with van der Waals surface area (Å²) < 4.78 is 16.1. The van der Waals surface area contributed by atoms with Crippen molar-refractivity contribution in [3.8, 4) is 11.5 Å². The van der Waals surface area contributed by atoms with E-state index in [-0.39, 0.29) is 34.2 Å². The summed E-state index contributed by atoms with van der Waals surface area (Å²) in [6.07, 6.45) is 1.50. The van der Waals surface area contributed by atoms with Gasteiger partial charge >= 0.3 is 0 Å². The third-order valence-corrected chi connectivity index (χ3v) is 6.20. The molecule has 0 spiro atoms. The summed E-state index contributed by atoms with van der Waals surface area (Å²) in [6.45, 7) is 0.0511. The van der Waals surface area contributed by atoms with E-state index in [2.05, 4.69) is 0 Å². The summed E-state index contributed by atoms with van der Waals surface area (Å²) in [4.78, 5) is 29.8. The van der Waals surface area contributed by atoms with Gasteiger partial charge in [0.25, 0.3) is 11.7 Å². The van der Waals surface area contributed by atoms with Crippen LogP contribution in [0.25, 0.3) is 5.76 Å². The van der Waals surface area contributed by atoms with Crippen LogP contribution in [0.1, 0.15) is 22.9 Å². The molecule has 182 valence electrons. The van der Waals surface area contributed by atoms with Gasteiger partial charge in [-0.25, -0.2) is 0 Å². The van der Waals surface area contributed by atoms with Crippen molar-refractivity contribution in [2.45, 2.75) is 12.6 Å². The van der Waals surface area contributed by atoms with E-state index in [9.17, 15) is 14.7 Å². The molecule has 2 aromatic carbocycles. The van der Waals surface area contributed by atoms with Gasteiger partial charge in [-0.1, -0.05) is 23.7 Å². The minimum Gasteiger partial charge on any atom is -0.507 e. The number of rotatable bonds is 7. The number of hydrogen-bond acceptors (Lipinski definition) is 7. The Bertz CT molecular complexity index is 1280. The average Bonchev–Trinajstić information content (AvgIpc) is 3.45. The highest BCUT2D eigenvalue weighted by molar-refractivity contribution is 6.46. The number of hydrogen-bond donors (Lipinski definition) is 1. The number of Topliss-reactive ketones (excluding diaryl/α,β-unsaturated/α-hetero) is 1. The molecule has 0 aliphatic carbocycles. The summed E-state index contributed by atoms with van der Waals surface area (Å²) in [5, 5.41) is 11.7. The molecule has 1 unspecified atom stereocenters. The largest absolute Gasteiger partial charge is 0.507 e. The molecule has 35 heavy (non-hydrogen) atoms. The second-order valence-electron chi connectivity index (χ2n) is 8.18. The fraction of sp³-hybridized carbons (Fsp3) is 0.231. The molecule has 1 N–H and O–H groups in total. The van der Waals surface area contributed by atoms with E-state index in [1.165, 1.54) is 37.5 Å². The van der Waals surface area contributed by atoms with Gasteiger partial charge in [-0.15, -0.1) is 0 Å². The van der Waals surface area contributed by atoms with Crippen molar-refractivity contribution in [2.75, 3.05) is 33.2 Å². The quantitative estimate of drug-likeness (QED) is 0.289. The van der Waals surface area contributed by atoms with Crippen LogP contribution >= 0.6 is 11.6 Å². The Morgan fingerprint density at radius 3 is 2.34 bits per heavy atom. The number of ketones is 1. The van der Waals surface area contributed by atoms with Crippen LogP contribution in [0, 0.1) is 0 Å². The number of methoxy groups -OCH3 is 2. The number of halogens is 1. The standard InChI is InChI=1S/C26H25ClN2O6/c1-28(2)16-9-7-15(8-10-16)23-22(25(31)26(32)29(23)14-17-6-5-11-35-17)24(30)18-12-21(34-4)19(27)13-20(18)33-3/h5-13,23,30H,14H2,1-4H3/b24-22+. The molecule has 1 aliphatic heterocycles. The van der Waals surface area contributed by atoms with E-state index in [1.807, 2.05) is 43.3 Å². The molecule has 9 heteroatoms. The Morgan fingerprint density at radius 2 is 1.77 bits per heavy atom. The van der Waals surface area contributed by atoms with Gasteiger partial charge in [0.1, 0.15) is 23.0 Å². The molecule has 1 atom stereocenters. The second-order valence-corrected chi connectivity index (χ2v) is 8.59. The van der Waals surface area contributed by atoms with Gasteiger partial charge in [0.2, 0.25) is 0 Å². The minimum atomic E-state index is -0.859.